The number of alkyl halides is 2. The molecule has 0 saturated heterocycles. The summed E-state index contributed by atoms with van der Waals surface area (Å²) in [5.74, 6) is 1.88. The lowest BCUT2D eigenvalue weighted by molar-refractivity contribution is -0.128. The molecule has 3 saturated carbocycles. The Hall–Kier alpha value is -0.220. The molecule has 0 N–H and O–H groups in total. The van der Waals surface area contributed by atoms with Crippen LogP contribution in [0.15, 0.2) is 0 Å². The van der Waals surface area contributed by atoms with E-state index >= 15 is 0 Å². The number of hydrogen-bond acceptors (Lipinski definition) is 2. The molecule has 0 aliphatic heterocycles. The molecule has 3 fully saturated rings. The van der Waals surface area contributed by atoms with Crippen LogP contribution >= 0.6 is 0 Å². The van der Waals surface area contributed by atoms with E-state index in [1.165, 1.54) is 44.9 Å². The van der Waals surface area contributed by atoms with E-state index in [0.717, 1.165) is 18.8 Å². The van der Waals surface area contributed by atoms with Crippen molar-refractivity contribution in [1.29, 1.82) is 0 Å². The summed E-state index contributed by atoms with van der Waals surface area (Å²) in [6.45, 7) is 3.48. The van der Waals surface area contributed by atoms with E-state index < -0.39 is 24.6 Å². The first kappa shape index (κ1) is 19.5. The first-order chi connectivity index (χ1) is 12.1. The van der Waals surface area contributed by atoms with E-state index in [4.69, 9.17) is 9.47 Å². The van der Waals surface area contributed by atoms with Crippen molar-refractivity contribution >= 4 is 0 Å². The second-order valence-electron chi connectivity index (χ2n) is 8.84. The molecular formula is C21H36F2O2. The molecule has 0 aromatic carbocycles. The Kier molecular flexibility index (Phi) is 7.53. The van der Waals surface area contributed by atoms with Crippen molar-refractivity contribution < 1.29 is 18.3 Å². The highest BCUT2D eigenvalue weighted by atomic mass is 19.2. The van der Waals surface area contributed by atoms with Crippen molar-refractivity contribution in [2.75, 3.05) is 13.2 Å². The molecule has 0 heterocycles. The van der Waals surface area contributed by atoms with Crippen LogP contribution in [0.5, 0.6) is 0 Å². The van der Waals surface area contributed by atoms with Crippen LogP contribution in [0.1, 0.15) is 77.6 Å². The lowest BCUT2D eigenvalue weighted by atomic mass is 9.83. The summed E-state index contributed by atoms with van der Waals surface area (Å²) in [7, 11) is 0. The quantitative estimate of drug-likeness (QED) is 0.612. The Morgan fingerprint density at radius 2 is 1.12 bits per heavy atom. The third kappa shape index (κ3) is 5.63. The van der Waals surface area contributed by atoms with Gasteiger partial charge in [0, 0.05) is 13.2 Å². The van der Waals surface area contributed by atoms with E-state index in [-0.39, 0.29) is 0 Å². The molecule has 0 amide bonds. The van der Waals surface area contributed by atoms with Crippen molar-refractivity contribution in [3.63, 3.8) is 0 Å². The van der Waals surface area contributed by atoms with Crippen LogP contribution in [0.2, 0.25) is 0 Å². The van der Waals surface area contributed by atoms with Gasteiger partial charge < -0.3 is 9.47 Å². The van der Waals surface area contributed by atoms with Crippen LogP contribution in [-0.4, -0.2) is 37.8 Å². The van der Waals surface area contributed by atoms with E-state index in [0.29, 0.717) is 37.9 Å². The van der Waals surface area contributed by atoms with Gasteiger partial charge >= 0.3 is 0 Å². The zero-order valence-electron chi connectivity index (χ0n) is 15.8. The van der Waals surface area contributed by atoms with Crippen LogP contribution in [0, 0.1) is 17.8 Å². The van der Waals surface area contributed by atoms with Gasteiger partial charge in [0.15, 0.2) is 12.3 Å². The molecule has 0 aromatic rings. The fourth-order valence-electron chi connectivity index (χ4n) is 4.78. The zero-order valence-corrected chi connectivity index (χ0v) is 15.8. The monoisotopic (exact) mass is 358 g/mol. The second kappa shape index (κ2) is 9.64. The highest BCUT2D eigenvalue weighted by Crippen LogP contribution is 2.33. The molecule has 4 heteroatoms. The maximum absolute atomic E-state index is 14.5. The van der Waals surface area contributed by atoms with Gasteiger partial charge in [0.2, 0.25) is 0 Å². The minimum Gasteiger partial charge on any atom is -0.375 e. The molecule has 4 unspecified atom stereocenters. The number of halogens is 2. The number of rotatable bonds is 6. The largest absolute Gasteiger partial charge is 0.375 e. The van der Waals surface area contributed by atoms with E-state index in [1.807, 2.05) is 0 Å². The zero-order chi connectivity index (χ0) is 17.6. The third-order valence-corrected chi connectivity index (χ3v) is 6.70. The van der Waals surface area contributed by atoms with Crippen LogP contribution < -0.4 is 0 Å². The van der Waals surface area contributed by atoms with Crippen LogP contribution in [0.4, 0.5) is 8.78 Å². The van der Waals surface area contributed by atoms with Gasteiger partial charge in [0.25, 0.3) is 0 Å². The molecular weight excluding hydrogens is 322 g/mol. The molecule has 2 nitrogen and oxygen atoms in total. The topological polar surface area (TPSA) is 18.5 Å². The van der Waals surface area contributed by atoms with Crippen molar-refractivity contribution in [2.45, 2.75) is 102 Å². The Labute approximate surface area is 152 Å². The molecule has 3 rings (SSSR count). The van der Waals surface area contributed by atoms with E-state index in [1.54, 1.807) is 0 Å². The van der Waals surface area contributed by atoms with Gasteiger partial charge in [-0.3, -0.25) is 0 Å². The summed E-state index contributed by atoms with van der Waals surface area (Å²) < 4.78 is 40.6. The van der Waals surface area contributed by atoms with Gasteiger partial charge in [-0.05, 0) is 56.3 Å². The highest BCUT2D eigenvalue weighted by molar-refractivity contribution is 4.90. The maximum Gasteiger partial charge on any atom is 0.160 e. The van der Waals surface area contributed by atoms with Crippen LogP contribution in [0.3, 0.4) is 0 Å². The summed E-state index contributed by atoms with van der Waals surface area (Å²) in [6, 6.07) is 0. The summed E-state index contributed by atoms with van der Waals surface area (Å²) in [5.41, 5.74) is 0. The first-order valence-electron chi connectivity index (χ1n) is 10.6. The van der Waals surface area contributed by atoms with Crippen molar-refractivity contribution in [2.24, 2.45) is 17.8 Å². The standard InChI is InChI=1S/C21H36F2O2/c1-15-7-9-17(10-8-15)14-25-19-12-11-18(20(22)21(19)23)24-13-16-5-3-2-4-6-16/h15-21H,2-14H2,1H3. The van der Waals surface area contributed by atoms with Crippen LogP contribution in [-0.2, 0) is 9.47 Å². The average molecular weight is 359 g/mol. The van der Waals surface area contributed by atoms with Crippen molar-refractivity contribution in [3.05, 3.63) is 0 Å². The lowest BCUT2D eigenvalue weighted by Crippen LogP contribution is -2.47. The smallest absolute Gasteiger partial charge is 0.160 e. The average Bonchev–Trinajstić information content (AvgIpc) is 2.64. The fourth-order valence-corrected chi connectivity index (χ4v) is 4.78. The van der Waals surface area contributed by atoms with Crippen LogP contribution in [0.25, 0.3) is 0 Å². The molecule has 25 heavy (non-hydrogen) atoms. The summed E-state index contributed by atoms with van der Waals surface area (Å²) in [5, 5.41) is 0. The first-order valence-corrected chi connectivity index (χ1v) is 10.6. The molecule has 4 atom stereocenters. The fraction of sp³-hybridized carbons (Fsp3) is 1.00. The van der Waals surface area contributed by atoms with Gasteiger partial charge in [0.1, 0.15) is 0 Å². The summed E-state index contributed by atoms with van der Waals surface area (Å²) in [4.78, 5) is 0. The molecule has 0 radical (unpaired) electrons. The minimum atomic E-state index is -1.53. The van der Waals surface area contributed by atoms with Gasteiger partial charge in [0.05, 0.1) is 12.2 Å². The van der Waals surface area contributed by atoms with Crippen molar-refractivity contribution in [1.82, 2.24) is 0 Å². The minimum absolute atomic E-state index is 0.529. The van der Waals surface area contributed by atoms with E-state index in [9.17, 15) is 8.78 Å². The molecule has 146 valence electrons. The number of ether oxygens (including phenoxy) is 2. The van der Waals surface area contributed by atoms with Gasteiger partial charge in [-0.15, -0.1) is 0 Å². The van der Waals surface area contributed by atoms with Crippen molar-refractivity contribution in [3.8, 4) is 0 Å². The Balaban J connectivity index is 1.37. The normalized spacial score (nSPS) is 40.9. The van der Waals surface area contributed by atoms with Gasteiger partial charge in [-0.2, -0.15) is 0 Å². The Morgan fingerprint density at radius 1 is 0.640 bits per heavy atom. The third-order valence-electron chi connectivity index (χ3n) is 6.70. The molecule has 3 aliphatic rings. The second-order valence-corrected chi connectivity index (χ2v) is 8.84. The predicted octanol–water partition coefficient (Wildman–Crippen LogP) is 5.63. The van der Waals surface area contributed by atoms with Gasteiger partial charge in [-0.25, -0.2) is 8.78 Å². The van der Waals surface area contributed by atoms with E-state index in [2.05, 4.69) is 6.92 Å². The molecule has 3 aliphatic carbocycles. The highest BCUT2D eigenvalue weighted by Gasteiger charge is 2.42. The lowest BCUT2D eigenvalue weighted by Gasteiger charge is -2.36. The Bertz CT molecular complexity index is 378. The molecule has 0 aromatic heterocycles. The van der Waals surface area contributed by atoms with Gasteiger partial charge in [-0.1, -0.05) is 39.0 Å². The maximum atomic E-state index is 14.5. The summed E-state index contributed by atoms with van der Waals surface area (Å²) in [6.07, 6.45) is 7.90. The molecule has 0 spiro atoms. The molecule has 0 bridgehead atoms. The predicted molar refractivity (Wildman–Crippen MR) is 96.2 cm³/mol. The Morgan fingerprint density at radius 3 is 1.64 bits per heavy atom. The summed E-state index contributed by atoms with van der Waals surface area (Å²) >= 11 is 0. The number of hydrogen-bond donors (Lipinski definition) is 0. The SMILES string of the molecule is CC1CCC(COC2CCC(OCC3CCCCC3)C(F)C2F)CC1.